The predicted octanol–water partition coefficient (Wildman–Crippen LogP) is 2.96. The van der Waals surface area contributed by atoms with Crippen LogP contribution in [0.25, 0.3) is 0 Å². The Balaban J connectivity index is 0.00000676. The predicted molar refractivity (Wildman–Crippen MR) is 121 cm³/mol. The van der Waals surface area contributed by atoms with E-state index in [1.807, 2.05) is 13.8 Å². The van der Waals surface area contributed by atoms with Gasteiger partial charge >= 0.3 is 0 Å². The number of hydrogen-bond donors (Lipinski definition) is 4. The molecule has 0 spiro atoms. The molecule has 8 heteroatoms. The Morgan fingerprint density at radius 2 is 1.85 bits per heavy atom. The average molecular weight is 492 g/mol. The van der Waals surface area contributed by atoms with Crippen LogP contribution in [0.5, 0.6) is 5.75 Å². The second-order valence-corrected chi connectivity index (χ2v) is 6.24. The third-order valence-electron chi connectivity index (χ3n) is 3.72. The van der Waals surface area contributed by atoms with Crippen LogP contribution >= 0.6 is 24.0 Å². The summed E-state index contributed by atoms with van der Waals surface area (Å²) in [6.45, 7) is 10.4. The molecule has 0 aliphatic carbocycles. The molecule has 1 amide bonds. The summed E-state index contributed by atoms with van der Waals surface area (Å²) in [6, 6.07) is 6.32. The van der Waals surface area contributed by atoms with Crippen molar-refractivity contribution in [2.24, 2.45) is 10.9 Å². The van der Waals surface area contributed by atoms with Gasteiger partial charge in [-0.1, -0.05) is 13.8 Å². The maximum Gasteiger partial charge on any atom is 0.246 e. The number of halogens is 1. The standard InChI is InChI=1S/C19H32N4O3.HI/c1-5-20-19(21-12-11-17(14(3)4)26-6-2)22-13-18(25)23-15-7-9-16(24)10-8-15;/h7-10,14,17,24H,5-6,11-13H2,1-4H3,(H,23,25)(H2,20,21,22);1H. The van der Waals surface area contributed by atoms with Crippen LogP contribution < -0.4 is 16.0 Å². The van der Waals surface area contributed by atoms with Crippen LogP contribution in [0.15, 0.2) is 29.3 Å². The van der Waals surface area contributed by atoms with Gasteiger partial charge in [-0.2, -0.15) is 0 Å². The van der Waals surface area contributed by atoms with Crippen molar-refractivity contribution in [2.45, 2.75) is 40.2 Å². The minimum Gasteiger partial charge on any atom is -0.508 e. The van der Waals surface area contributed by atoms with E-state index in [0.717, 1.165) is 6.42 Å². The van der Waals surface area contributed by atoms with Gasteiger partial charge in [-0.15, -0.1) is 24.0 Å². The Kier molecular flexibility index (Phi) is 13.7. The third-order valence-corrected chi connectivity index (χ3v) is 3.72. The van der Waals surface area contributed by atoms with E-state index < -0.39 is 0 Å². The maximum atomic E-state index is 12.0. The number of anilines is 1. The van der Waals surface area contributed by atoms with Gasteiger partial charge in [0.2, 0.25) is 5.91 Å². The number of nitrogens with zero attached hydrogens (tertiary/aromatic N) is 1. The van der Waals surface area contributed by atoms with Crippen molar-refractivity contribution < 1.29 is 14.6 Å². The number of amides is 1. The van der Waals surface area contributed by atoms with Crippen LogP contribution in [0.1, 0.15) is 34.1 Å². The molecule has 27 heavy (non-hydrogen) atoms. The number of hydrogen-bond acceptors (Lipinski definition) is 4. The molecule has 0 aliphatic heterocycles. The summed E-state index contributed by atoms with van der Waals surface area (Å²) in [6.07, 6.45) is 1.07. The van der Waals surface area contributed by atoms with E-state index >= 15 is 0 Å². The topological polar surface area (TPSA) is 95.0 Å². The van der Waals surface area contributed by atoms with E-state index in [9.17, 15) is 9.90 Å². The molecule has 0 saturated carbocycles. The van der Waals surface area contributed by atoms with Crippen molar-refractivity contribution in [1.82, 2.24) is 10.6 Å². The van der Waals surface area contributed by atoms with Crippen molar-refractivity contribution >= 4 is 41.5 Å². The van der Waals surface area contributed by atoms with Gasteiger partial charge in [0.25, 0.3) is 0 Å². The monoisotopic (exact) mass is 492 g/mol. The first-order valence-corrected chi connectivity index (χ1v) is 9.18. The van der Waals surface area contributed by atoms with Crippen LogP contribution in [0.3, 0.4) is 0 Å². The summed E-state index contributed by atoms with van der Waals surface area (Å²) in [5, 5.41) is 18.4. The van der Waals surface area contributed by atoms with Crippen LogP contribution in [0.2, 0.25) is 0 Å². The van der Waals surface area contributed by atoms with E-state index in [0.29, 0.717) is 37.3 Å². The van der Waals surface area contributed by atoms with Gasteiger partial charge in [0.1, 0.15) is 12.3 Å². The van der Waals surface area contributed by atoms with E-state index in [1.165, 1.54) is 12.1 Å². The highest BCUT2D eigenvalue weighted by Crippen LogP contribution is 2.13. The van der Waals surface area contributed by atoms with E-state index in [-0.39, 0.29) is 48.3 Å². The Morgan fingerprint density at radius 3 is 2.41 bits per heavy atom. The highest BCUT2D eigenvalue weighted by atomic mass is 127. The second kappa shape index (κ2) is 14.5. The molecule has 1 atom stereocenters. The number of rotatable bonds is 10. The Bertz CT molecular complexity index is 565. The van der Waals surface area contributed by atoms with Gasteiger partial charge in [-0.3, -0.25) is 4.79 Å². The van der Waals surface area contributed by atoms with Crippen molar-refractivity contribution in [3.8, 4) is 5.75 Å². The number of ether oxygens (including phenoxy) is 1. The highest BCUT2D eigenvalue weighted by molar-refractivity contribution is 14.0. The number of aromatic hydroxyl groups is 1. The number of phenols is 1. The maximum absolute atomic E-state index is 12.0. The fraction of sp³-hybridized carbons (Fsp3) is 0.579. The number of guanidine groups is 1. The van der Waals surface area contributed by atoms with E-state index in [4.69, 9.17) is 4.74 Å². The molecule has 7 nitrogen and oxygen atoms in total. The molecule has 0 fully saturated rings. The van der Waals surface area contributed by atoms with Crippen molar-refractivity contribution in [1.29, 1.82) is 0 Å². The van der Waals surface area contributed by atoms with E-state index in [1.54, 1.807) is 12.1 Å². The molecule has 0 saturated heterocycles. The lowest BCUT2D eigenvalue weighted by Gasteiger charge is -2.21. The molecule has 1 unspecified atom stereocenters. The number of carbonyl (C=O) groups excluding carboxylic acids is 1. The summed E-state index contributed by atoms with van der Waals surface area (Å²) in [5.41, 5.74) is 0.623. The second-order valence-electron chi connectivity index (χ2n) is 6.24. The van der Waals surface area contributed by atoms with Crippen LogP contribution in [-0.4, -0.2) is 49.3 Å². The molecule has 1 aromatic carbocycles. The fourth-order valence-electron chi connectivity index (χ4n) is 2.39. The Labute approximate surface area is 179 Å². The molecule has 0 bridgehead atoms. The molecule has 0 aromatic heterocycles. The van der Waals surface area contributed by atoms with Gasteiger partial charge in [0.05, 0.1) is 6.10 Å². The fourth-order valence-corrected chi connectivity index (χ4v) is 2.39. The number of benzene rings is 1. The number of aliphatic imine (C=N–C) groups is 1. The molecule has 0 aliphatic rings. The zero-order valence-electron chi connectivity index (χ0n) is 16.6. The number of phenolic OH excluding ortho intramolecular Hbond substituents is 1. The van der Waals surface area contributed by atoms with Crippen LogP contribution in [0, 0.1) is 5.92 Å². The number of nitrogens with one attached hydrogen (secondary N) is 3. The smallest absolute Gasteiger partial charge is 0.246 e. The first-order chi connectivity index (χ1) is 12.5. The quantitative estimate of drug-likeness (QED) is 0.174. The zero-order chi connectivity index (χ0) is 19.4. The van der Waals surface area contributed by atoms with Gasteiger partial charge < -0.3 is 25.8 Å². The van der Waals surface area contributed by atoms with Gasteiger partial charge in [0, 0.05) is 25.4 Å². The highest BCUT2D eigenvalue weighted by Gasteiger charge is 2.13. The molecule has 0 radical (unpaired) electrons. The lowest BCUT2D eigenvalue weighted by atomic mass is 10.0. The summed E-state index contributed by atoms with van der Waals surface area (Å²) >= 11 is 0. The molecule has 4 N–H and O–H groups in total. The average Bonchev–Trinajstić information content (AvgIpc) is 2.60. The molecule has 0 heterocycles. The summed E-state index contributed by atoms with van der Waals surface area (Å²) in [7, 11) is 0. The SMILES string of the molecule is CCNC(=NCC(=O)Nc1ccc(O)cc1)NCCC(OCC)C(C)C.I. The summed E-state index contributed by atoms with van der Waals surface area (Å²) in [4.78, 5) is 16.3. The number of carbonyl (C=O) groups is 1. The largest absolute Gasteiger partial charge is 0.508 e. The summed E-state index contributed by atoms with van der Waals surface area (Å²) in [5.74, 6) is 0.994. The zero-order valence-corrected chi connectivity index (χ0v) is 18.9. The summed E-state index contributed by atoms with van der Waals surface area (Å²) < 4.78 is 5.74. The van der Waals surface area contributed by atoms with Crippen LogP contribution in [0.4, 0.5) is 5.69 Å². The lowest BCUT2D eigenvalue weighted by Crippen LogP contribution is -2.40. The molecular formula is C19H33IN4O3. The molecule has 1 aromatic rings. The Morgan fingerprint density at radius 1 is 1.19 bits per heavy atom. The normalized spacial score (nSPS) is 12.3. The minimum atomic E-state index is -0.220. The van der Waals surface area contributed by atoms with E-state index in [2.05, 4.69) is 34.8 Å². The Hall–Kier alpha value is -1.55. The van der Waals surface area contributed by atoms with Crippen LogP contribution in [-0.2, 0) is 9.53 Å². The van der Waals surface area contributed by atoms with Gasteiger partial charge in [-0.05, 0) is 50.5 Å². The lowest BCUT2D eigenvalue weighted by molar-refractivity contribution is -0.114. The van der Waals surface area contributed by atoms with Gasteiger partial charge in [0.15, 0.2) is 5.96 Å². The molecular weight excluding hydrogens is 459 g/mol. The molecule has 154 valence electrons. The first-order valence-electron chi connectivity index (χ1n) is 9.18. The van der Waals surface area contributed by atoms with Crippen molar-refractivity contribution in [3.63, 3.8) is 0 Å². The van der Waals surface area contributed by atoms with Crippen molar-refractivity contribution in [2.75, 3.05) is 31.6 Å². The van der Waals surface area contributed by atoms with Gasteiger partial charge in [-0.25, -0.2) is 4.99 Å². The first kappa shape index (κ1) is 25.4. The molecule has 1 rings (SSSR count). The minimum absolute atomic E-state index is 0. The third kappa shape index (κ3) is 11.0. The van der Waals surface area contributed by atoms with Crippen molar-refractivity contribution in [3.05, 3.63) is 24.3 Å².